The van der Waals surface area contributed by atoms with Crippen molar-refractivity contribution in [1.29, 1.82) is 0 Å². The molecule has 0 radical (unpaired) electrons. The van der Waals surface area contributed by atoms with Gasteiger partial charge in [-0.2, -0.15) is 0 Å². The molecular weight excluding hydrogens is 253 g/mol. The summed E-state index contributed by atoms with van der Waals surface area (Å²) in [6.45, 7) is 0. The molecule has 0 aliphatic heterocycles. The van der Waals surface area contributed by atoms with Crippen LogP contribution in [0.5, 0.6) is 0 Å². The minimum atomic E-state index is -0.273. The summed E-state index contributed by atoms with van der Waals surface area (Å²) in [7, 11) is 0. The third-order valence-corrected chi connectivity index (χ3v) is 3.42. The number of aromatic nitrogens is 1. The first-order chi connectivity index (χ1) is 9.84. The van der Waals surface area contributed by atoms with E-state index in [2.05, 4.69) is 4.98 Å². The molecule has 0 unspecified atom stereocenters. The molecule has 3 heteroatoms. The zero-order valence-electron chi connectivity index (χ0n) is 10.5. The van der Waals surface area contributed by atoms with Gasteiger partial charge in [-0.1, -0.05) is 24.3 Å². The van der Waals surface area contributed by atoms with E-state index in [0.717, 1.165) is 16.6 Å². The van der Waals surface area contributed by atoms with E-state index < -0.39 is 0 Å². The molecule has 20 heavy (non-hydrogen) atoms. The number of benzene rings is 2. The van der Waals surface area contributed by atoms with Crippen molar-refractivity contribution >= 4 is 21.9 Å². The fourth-order valence-corrected chi connectivity index (χ4v) is 2.51. The van der Waals surface area contributed by atoms with Crippen LogP contribution in [-0.4, -0.2) is 4.98 Å². The van der Waals surface area contributed by atoms with Crippen LogP contribution in [0.2, 0.25) is 0 Å². The summed E-state index contributed by atoms with van der Waals surface area (Å²) >= 11 is 0. The number of nitrogens with zero attached hydrogens (tertiary/aromatic N) is 1. The van der Waals surface area contributed by atoms with Crippen LogP contribution in [0.15, 0.2) is 65.2 Å². The summed E-state index contributed by atoms with van der Waals surface area (Å²) in [4.78, 5) is 4.32. The van der Waals surface area contributed by atoms with Crippen LogP contribution < -0.4 is 0 Å². The van der Waals surface area contributed by atoms with Crippen LogP contribution in [-0.2, 0) is 0 Å². The average molecular weight is 263 g/mol. The second kappa shape index (κ2) is 4.17. The van der Waals surface area contributed by atoms with Crippen molar-refractivity contribution in [3.8, 4) is 11.3 Å². The van der Waals surface area contributed by atoms with E-state index >= 15 is 0 Å². The Morgan fingerprint density at radius 1 is 0.900 bits per heavy atom. The molecule has 2 heterocycles. The van der Waals surface area contributed by atoms with Gasteiger partial charge in [-0.05, 0) is 30.3 Å². The lowest BCUT2D eigenvalue weighted by molar-refractivity contribution is 0.634. The predicted molar refractivity (Wildman–Crippen MR) is 76.9 cm³/mol. The highest BCUT2D eigenvalue weighted by molar-refractivity contribution is 6.09. The second-order valence-electron chi connectivity index (χ2n) is 4.61. The van der Waals surface area contributed by atoms with Gasteiger partial charge in [-0.3, -0.25) is 4.98 Å². The fraction of sp³-hybridized carbons (Fsp3) is 0. The minimum Gasteiger partial charge on any atom is -0.455 e. The summed E-state index contributed by atoms with van der Waals surface area (Å²) in [6.07, 6.45) is 1.72. The number of hydrogen-bond donors (Lipinski definition) is 0. The van der Waals surface area contributed by atoms with E-state index in [1.807, 2.05) is 42.5 Å². The van der Waals surface area contributed by atoms with Gasteiger partial charge in [0.2, 0.25) is 0 Å². The Kier molecular flexibility index (Phi) is 2.33. The molecule has 0 bridgehead atoms. The molecular formula is C17H10FNO. The van der Waals surface area contributed by atoms with Gasteiger partial charge in [0.15, 0.2) is 0 Å². The van der Waals surface area contributed by atoms with E-state index in [-0.39, 0.29) is 5.82 Å². The monoisotopic (exact) mass is 263 g/mol. The van der Waals surface area contributed by atoms with Gasteiger partial charge in [0.05, 0.1) is 11.1 Å². The minimum absolute atomic E-state index is 0.273. The molecule has 0 fully saturated rings. The Bertz CT molecular complexity index is 912. The van der Waals surface area contributed by atoms with Crippen LogP contribution in [0, 0.1) is 5.82 Å². The van der Waals surface area contributed by atoms with E-state index in [9.17, 15) is 4.39 Å². The lowest BCUT2D eigenvalue weighted by Crippen LogP contribution is -1.84. The quantitative estimate of drug-likeness (QED) is 0.493. The van der Waals surface area contributed by atoms with Crippen molar-refractivity contribution in [3.63, 3.8) is 0 Å². The summed E-state index contributed by atoms with van der Waals surface area (Å²) in [5, 5.41) is 1.31. The van der Waals surface area contributed by atoms with Gasteiger partial charge in [0.1, 0.15) is 17.0 Å². The maximum Gasteiger partial charge on any atom is 0.147 e. The number of hydrogen-bond acceptors (Lipinski definition) is 2. The number of pyridine rings is 1. The first-order valence-electron chi connectivity index (χ1n) is 6.36. The standard InChI is InChI=1S/C17H10FNO/c18-13-9-8-11(14-6-3-4-10-19-14)17-16(13)12-5-1-2-7-15(12)20-17/h1-10H. The normalized spacial score (nSPS) is 11.2. The molecule has 0 atom stereocenters. The Morgan fingerprint density at radius 2 is 1.75 bits per heavy atom. The highest BCUT2D eigenvalue weighted by Gasteiger charge is 2.16. The maximum absolute atomic E-state index is 14.2. The van der Waals surface area contributed by atoms with Crippen molar-refractivity contribution in [2.45, 2.75) is 0 Å². The molecule has 0 saturated heterocycles. The van der Waals surface area contributed by atoms with Crippen molar-refractivity contribution < 1.29 is 8.81 Å². The summed E-state index contributed by atoms with van der Waals surface area (Å²) < 4.78 is 20.0. The molecule has 0 aliphatic carbocycles. The Morgan fingerprint density at radius 3 is 2.60 bits per heavy atom. The van der Waals surface area contributed by atoms with Crippen molar-refractivity contribution in [2.75, 3.05) is 0 Å². The molecule has 2 nitrogen and oxygen atoms in total. The second-order valence-corrected chi connectivity index (χ2v) is 4.61. The van der Waals surface area contributed by atoms with Crippen LogP contribution in [0.25, 0.3) is 33.2 Å². The molecule has 2 aromatic carbocycles. The predicted octanol–water partition coefficient (Wildman–Crippen LogP) is 4.79. The van der Waals surface area contributed by atoms with Crippen molar-refractivity contribution in [1.82, 2.24) is 4.98 Å². The lowest BCUT2D eigenvalue weighted by Gasteiger charge is -2.01. The first kappa shape index (κ1) is 11.2. The van der Waals surface area contributed by atoms with Gasteiger partial charge in [0.25, 0.3) is 0 Å². The van der Waals surface area contributed by atoms with Gasteiger partial charge < -0.3 is 4.42 Å². The van der Waals surface area contributed by atoms with E-state index in [4.69, 9.17) is 4.42 Å². The average Bonchev–Trinajstić information content (AvgIpc) is 2.88. The molecule has 2 aromatic heterocycles. The highest BCUT2D eigenvalue weighted by Crippen LogP contribution is 2.36. The maximum atomic E-state index is 14.2. The number of furan rings is 1. The Balaban J connectivity index is 2.16. The number of rotatable bonds is 1. The third-order valence-electron chi connectivity index (χ3n) is 3.42. The van der Waals surface area contributed by atoms with Gasteiger partial charge in [0, 0.05) is 17.1 Å². The van der Waals surface area contributed by atoms with Crippen LogP contribution in [0.3, 0.4) is 0 Å². The molecule has 0 aliphatic rings. The largest absolute Gasteiger partial charge is 0.455 e. The van der Waals surface area contributed by atoms with Crippen molar-refractivity contribution in [3.05, 3.63) is 66.6 Å². The molecule has 4 rings (SSSR count). The van der Waals surface area contributed by atoms with E-state index in [0.29, 0.717) is 16.6 Å². The molecule has 96 valence electrons. The summed E-state index contributed by atoms with van der Waals surface area (Å²) in [6, 6.07) is 16.3. The van der Waals surface area contributed by atoms with Crippen LogP contribution in [0.4, 0.5) is 4.39 Å². The highest BCUT2D eigenvalue weighted by atomic mass is 19.1. The molecule has 4 aromatic rings. The van der Waals surface area contributed by atoms with Gasteiger partial charge in [-0.25, -0.2) is 4.39 Å². The summed E-state index contributed by atoms with van der Waals surface area (Å²) in [5.41, 5.74) is 2.81. The van der Waals surface area contributed by atoms with Gasteiger partial charge >= 0.3 is 0 Å². The topological polar surface area (TPSA) is 26.0 Å². The lowest BCUT2D eigenvalue weighted by atomic mass is 10.1. The molecule has 0 amide bonds. The SMILES string of the molecule is Fc1ccc(-c2ccccn2)c2oc3ccccc3c12. The van der Waals surface area contributed by atoms with E-state index in [1.54, 1.807) is 12.3 Å². The molecule has 0 N–H and O–H groups in total. The summed E-state index contributed by atoms with van der Waals surface area (Å²) in [5.74, 6) is -0.273. The zero-order chi connectivity index (χ0) is 13.5. The number of para-hydroxylation sites is 1. The smallest absolute Gasteiger partial charge is 0.147 e. The van der Waals surface area contributed by atoms with Gasteiger partial charge in [-0.15, -0.1) is 0 Å². The van der Waals surface area contributed by atoms with E-state index in [1.165, 1.54) is 6.07 Å². The van der Waals surface area contributed by atoms with Crippen LogP contribution >= 0.6 is 0 Å². The zero-order valence-corrected chi connectivity index (χ0v) is 10.5. The number of halogens is 1. The number of fused-ring (bicyclic) bond motifs is 3. The van der Waals surface area contributed by atoms with Crippen LogP contribution in [0.1, 0.15) is 0 Å². The Hall–Kier alpha value is -2.68. The fourth-order valence-electron chi connectivity index (χ4n) is 2.51. The molecule has 0 saturated carbocycles. The third kappa shape index (κ3) is 1.53. The first-order valence-corrected chi connectivity index (χ1v) is 6.36. The molecule has 0 spiro atoms. The Labute approximate surface area is 114 Å². The van der Waals surface area contributed by atoms with Crippen molar-refractivity contribution in [2.24, 2.45) is 0 Å².